The fourth-order valence-corrected chi connectivity index (χ4v) is 4.38. The molecule has 1 heterocycles. The van der Waals surface area contributed by atoms with Gasteiger partial charge in [-0.3, -0.25) is 9.59 Å². The van der Waals surface area contributed by atoms with E-state index in [1.165, 1.54) is 30.3 Å². The van der Waals surface area contributed by atoms with Gasteiger partial charge in [-0.1, -0.05) is 35.3 Å². The van der Waals surface area contributed by atoms with Gasteiger partial charge in [-0.05, 0) is 50.1 Å². The predicted octanol–water partition coefficient (Wildman–Crippen LogP) is 6.40. The number of carbonyl (C=O) groups is 2. The molecule has 1 aromatic heterocycles. The average molecular weight is 554 g/mol. The number of para-hydroxylation sites is 1. The molecule has 2 amide bonds. The summed E-state index contributed by atoms with van der Waals surface area (Å²) in [4.78, 5) is 25.1. The van der Waals surface area contributed by atoms with E-state index in [-0.39, 0.29) is 28.8 Å². The molecular weight excluding hydrogens is 534 g/mol. The number of hydrogen-bond donors (Lipinski definition) is 2. The Kier molecular flexibility index (Phi) is 7.79. The summed E-state index contributed by atoms with van der Waals surface area (Å²) < 4.78 is 51.0. The van der Waals surface area contributed by atoms with Crippen molar-refractivity contribution >= 4 is 46.4 Å². The molecule has 0 atom stereocenters. The van der Waals surface area contributed by atoms with Gasteiger partial charge in [-0.15, -0.1) is 0 Å². The van der Waals surface area contributed by atoms with Gasteiger partial charge in [0.05, 0.1) is 22.0 Å². The zero-order valence-electron chi connectivity index (χ0n) is 19.3. The Morgan fingerprint density at radius 1 is 1.14 bits per heavy atom. The third-order valence-corrected chi connectivity index (χ3v) is 6.11. The molecular formula is C25H20Cl2F3N3O4. The van der Waals surface area contributed by atoms with E-state index in [0.29, 0.717) is 46.9 Å². The molecule has 1 aliphatic carbocycles. The van der Waals surface area contributed by atoms with E-state index in [0.717, 1.165) is 6.07 Å². The number of hydrazone groups is 1. The molecule has 0 spiro atoms. The van der Waals surface area contributed by atoms with Crippen molar-refractivity contribution in [2.75, 3.05) is 11.9 Å². The van der Waals surface area contributed by atoms with Crippen molar-refractivity contribution in [3.8, 4) is 5.75 Å². The highest BCUT2D eigenvalue weighted by Gasteiger charge is 2.34. The number of rotatable bonds is 6. The summed E-state index contributed by atoms with van der Waals surface area (Å²) in [6.45, 7) is 1.25. The molecule has 0 saturated carbocycles. The monoisotopic (exact) mass is 553 g/mol. The lowest BCUT2D eigenvalue weighted by Gasteiger charge is -2.14. The number of aryl methyl sites for hydroxylation is 1. The number of carbonyl (C=O) groups excluding carboxylic acids is 2. The summed E-state index contributed by atoms with van der Waals surface area (Å²) in [5.74, 6) is -0.741. The molecule has 0 saturated heterocycles. The van der Waals surface area contributed by atoms with E-state index in [2.05, 4.69) is 15.8 Å². The normalized spacial score (nSPS) is 14.3. The Hall–Kier alpha value is -3.50. The zero-order valence-corrected chi connectivity index (χ0v) is 20.9. The molecule has 7 nitrogen and oxygen atoms in total. The van der Waals surface area contributed by atoms with Gasteiger partial charge in [0.15, 0.2) is 12.4 Å². The van der Waals surface area contributed by atoms with Gasteiger partial charge in [0, 0.05) is 22.6 Å². The summed E-state index contributed by atoms with van der Waals surface area (Å²) in [7, 11) is 0. The summed E-state index contributed by atoms with van der Waals surface area (Å²) in [6.07, 6.45) is -2.99. The Morgan fingerprint density at radius 3 is 2.62 bits per heavy atom. The first-order valence-electron chi connectivity index (χ1n) is 11.1. The lowest BCUT2D eigenvalue weighted by Crippen LogP contribution is -2.27. The first-order chi connectivity index (χ1) is 17.5. The average Bonchev–Trinajstić information content (AvgIpc) is 3.19. The van der Waals surface area contributed by atoms with E-state index >= 15 is 0 Å². The molecule has 0 bridgehead atoms. The van der Waals surface area contributed by atoms with Gasteiger partial charge in [-0.25, -0.2) is 5.43 Å². The minimum absolute atomic E-state index is 0.122. The van der Waals surface area contributed by atoms with Crippen LogP contribution in [-0.4, -0.2) is 24.1 Å². The SMILES string of the molecule is Cc1c(C(=O)Nc2ccccc2C(F)(F)F)oc2c1/C(=N/NC(=O)COc1ccc(Cl)cc1Cl)CCC2. The molecule has 0 unspecified atom stereocenters. The van der Waals surface area contributed by atoms with Crippen LogP contribution in [0.3, 0.4) is 0 Å². The molecule has 1 aliphatic rings. The van der Waals surface area contributed by atoms with Crippen molar-refractivity contribution in [1.29, 1.82) is 0 Å². The molecule has 37 heavy (non-hydrogen) atoms. The Labute approximate surface area is 219 Å². The second-order valence-electron chi connectivity index (χ2n) is 8.16. The fraction of sp³-hybridized carbons (Fsp3) is 0.240. The maximum absolute atomic E-state index is 13.3. The van der Waals surface area contributed by atoms with Crippen LogP contribution in [0.2, 0.25) is 10.0 Å². The lowest BCUT2D eigenvalue weighted by molar-refractivity contribution is -0.137. The third-order valence-electron chi connectivity index (χ3n) is 5.58. The Morgan fingerprint density at radius 2 is 1.89 bits per heavy atom. The van der Waals surface area contributed by atoms with Crippen molar-refractivity contribution in [2.45, 2.75) is 32.4 Å². The molecule has 2 N–H and O–H groups in total. The number of amides is 2. The minimum Gasteiger partial charge on any atom is -0.482 e. The van der Waals surface area contributed by atoms with Gasteiger partial charge in [0.2, 0.25) is 0 Å². The number of hydrogen-bond acceptors (Lipinski definition) is 5. The minimum atomic E-state index is -4.64. The van der Waals surface area contributed by atoms with E-state index < -0.39 is 23.6 Å². The molecule has 194 valence electrons. The first-order valence-corrected chi connectivity index (χ1v) is 11.8. The summed E-state index contributed by atoms with van der Waals surface area (Å²) in [6, 6.07) is 9.27. The highest BCUT2D eigenvalue weighted by molar-refractivity contribution is 6.35. The molecule has 12 heteroatoms. The second kappa shape index (κ2) is 10.9. The highest BCUT2D eigenvalue weighted by Crippen LogP contribution is 2.36. The van der Waals surface area contributed by atoms with Crippen molar-refractivity contribution in [3.05, 3.63) is 80.7 Å². The smallest absolute Gasteiger partial charge is 0.418 e. The first kappa shape index (κ1) is 26.6. The molecule has 0 fully saturated rings. The number of ether oxygens (including phenoxy) is 1. The Bertz CT molecular complexity index is 1390. The molecule has 0 aliphatic heterocycles. The van der Waals surface area contributed by atoms with Crippen LogP contribution in [0.4, 0.5) is 18.9 Å². The number of alkyl halides is 3. The fourth-order valence-electron chi connectivity index (χ4n) is 3.91. The van der Waals surface area contributed by atoms with Crippen LogP contribution in [0.25, 0.3) is 0 Å². The highest BCUT2D eigenvalue weighted by atomic mass is 35.5. The molecule has 4 rings (SSSR count). The predicted molar refractivity (Wildman–Crippen MR) is 132 cm³/mol. The van der Waals surface area contributed by atoms with Crippen LogP contribution in [0.15, 0.2) is 52.0 Å². The van der Waals surface area contributed by atoms with Crippen LogP contribution < -0.4 is 15.5 Å². The number of anilines is 1. The lowest BCUT2D eigenvalue weighted by atomic mass is 9.93. The second-order valence-corrected chi connectivity index (χ2v) is 9.01. The number of furan rings is 1. The van der Waals surface area contributed by atoms with Crippen LogP contribution >= 0.6 is 23.2 Å². The quantitative estimate of drug-likeness (QED) is 0.345. The van der Waals surface area contributed by atoms with Crippen LogP contribution in [0.5, 0.6) is 5.75 Å². The molecule has 3 aromatic rings. The third kappa shape index (κ3) is 6.08. The van der Waals surface area contributed by atoms with E-state index in [1.54, 1.807) is 13.0 Å². The number of nitrogens with zero attached hydrogens (tertiary/aromatic N) is 1. The maximum Gasteiger partial charge on any atom is 0.418 e. The van der Waals surface area contributed by atoms with Gasteiger partial charge < -0.3 is 14.5 Å². The van der Waals surface area contributed by atoms with E-state index in [1.807, 2.05) is 0 Å². The summed E-state index contributed by atoms with van der Waals surface area (Å²) >= 11 is 11.9. The largest absolute Gasteiger partial charge is 0.482 e. The summed E-state index contributed by atoms with van der Waals surface area (Å²) in [5, 5.41) is 7.15. The van der Waals surface area contributed by atoms with Crippen molar-refractivity contribution in [1.82, 2.24) is 5.43 Å². The number of benzene rings is 2. The van der Waals surface area contributed by atoms with Crippen LogP contribution in [0, 0.1) is 6.92 Å². The number of halogens is 5. The zero-order chi connectivity index (χ0) is 26.7. The van der Waals surface area contributed by atoms with E-state index in [9.17, 15) is 22.8 Å². The van der Waals surface area contributed by atoms with E-state index in [4.69, 9.17) is 32.4 Å². The van der Waals surface area contributed by atoms with Crippen molar-refractivity contribution < 1.29 is 31.9 Å². The molecule has 0 radical (unpaired) electrons. The van der Waals surface area contributed by atoms with Crippen LogP contribution in [0.1, 0.15) is 45.8 Å². The number of nitrogens with one attached hydrogen (secondary N) is 2. The van der Waals surface area contributed by atoms with Crippen LogP contribution in [-0.2, 0) is 17.4 Å². The standard InChI is InChI=1S/C25H20Cl2F3N3O4/c1-13-22-18(32-33-21(34)12-36-19-10-9-14(26)11-16(19)27)7-4-8-20(22)37-23(13)24(35)31-17-6-3-2-5-15(17)25(28,29)30/h2-3,5-6,9-11H,4,7-8,12H2,1H3,(H,31,35)(H,33,34)/b32-18+. The van der Waals surface area contributed by atoms with Gasteiger partial charge >= 0.3 is 6.18 Å². The molecule has 2 aromatic carbocycles. The Balaban J connectivity index is 1.48. The van der Waals surface area contributed by atoms with Gasteiger partial charge in [-0.2, -0.15) is 18.3 Å². The topological polar surface area (TPSA) is 92.9 Å². The van der Waals surface area contributed by atoms with Crippen molar-refractivity contribution in [3.63, 3.8) is 0 Å². The summed E-state index contributed by atoms with van der Waals surface area (Å²) in [5.41, 5.74) is 2.50. The number of fused-ring (bicyclic) bond motifs is 1. The van der Waals surface area contributed by atoms with Crippen molar-refractivity contribution in [2.24, 2.45) is 5.10 Å². The maximum atomic E-state index is 13.3. The van der Waals surface area contributed by atoms with Gasteiger partial charge in [0.25, 0.3) is 11.8 Å². The van der Waals surface area contributed by atoms with Gasteiger partial charge in [0.1, 0.15) is 11.5 Å².